The molecule has 1 aromatic rings. The summed E-state index contributed by atoms with van der Waals surface area (Å²) in [6, 6.07) is 8.80. The molecule has 2 rings (SSSR count). The van der Waals surface area contributed by atoms with Crippen LogP contribution in [-0.4, -0.2) is 7.11 Å². The minimum absolute atomic E-state index is 0.0333. The van der Waals surface area contributed by atoms with Crippen LogP contribution in [0.2, 0.25) is 0 Å². The molecule has 1 aliphatic rings. The van der Waals surface area contributed by atoms with Gasteiger partial charge in [0.2, 0.25) is 0 Å². The summed E-state index contributed by atoms with van der Waals surface area (Å²) in [6.07, 6.45) is 0.903. The summed E-state index contributed by atoms with van der Waals surface area (Å²) in [7, 11) is 1.68. The second-order valence-corrected chi connectivity index (χ2v) is 7.24. The van der Waals surface area contributed by atoms with Gasteiger partial charge in [0.25, 0.3) is 0 Å². The molecule has 1 aromatic carbocycles. The Hall–Kier alpha value is -1.49. The molecule has 1 atom stereocenters. The summed E-state index contributed by atoms with van der Waals surface area (Å²) in [5, 5.41) is 9.65. The topological polar surface area (TPSA) is 33.0 Å². The molecular weight excluding hydrogens is 234 g/mol. The molecule has 0 heterocycles. The van der Waals surface area contributed by atoms with E-state index in [1.807, 2.05) is 6.07 Å². The zero-order chi connectivity index (χ0) is 14.5. The van der Waals surface area contributed by atoms with Crippen LogP contribution in [0.5, 0.6) is 5.75 Å². The molecule has 2 heteroatoms. The molecule has 1 aliphatic carbocycles. The molecule has 0 N–H and O–H groups in total. The van der Waals surface area contributed by atoms with E-state index in [1.54, 1.807) is 7.11 Å². The van der Waals surface area contributed by atoms with E-state index in [0.29, 0.717) is 0 Å². The molecule has 1 fully saturated rings. The highest BCUT2D eigenvalue weighted by Gasteiger charge is 2.64. The largest absolute Gasteiger partial charge is 0.496 e. The quantitative estimate of drug-likeness (QED) is 0.796. The van der Waals surface area contributed by atoms with Gasteiger partial charge in [0.05, 0.1) is 18.6 Å². The van der Waals surface area contributed by atoms with Crippen molar-refractivity contribution in [2.45, 2.75) is 51.9 Å². The number of benzene rings is 1. The van der Waals surface area contributed by atoms with Crippen molar-refractivity contribution >= 4 is 0 Å². The van der Waals surface area contributed by atoms with Gasteiger partial charge < -0.3 is 4.74 Å². The Bertz CT molecular complexity index is 545. The van der Waals surface area contributed by atoms with Crippen molar-refractivity contribution in [3.63, 3.8) is 0 Å². The molecule has 0 saturated heterocycles. The van der Waals surface area contributed by atoms with E-state index in [0.717, 1.165) is 17.7 Å². The lowest BCUT2D eigenvalue weighted by Gasteiger charge is -2.23. The average molecular weight is 257 g/mol. The van der Waals surface area contributed by atoms with Crippen molar-refractivity contribution in [1.29, 1.82) is 5.26 Å². The summed E-state index contributed by atoms with van der Waals surface area (Å²) >= 11 is 0. The van der Waals surface area contributed by atoms with Gasteiger partial charge in [-0.05, 0) is 34.9 Å². The van der Waals surface area contributed by atoms with Crippen LogP contribution in [0, 0.1) is 16.7 Å². The molecule has 19 heavy (non-hydrogen) atoms. The van der Waals surface area contributed by atoms with E-state index in [-0.39, 0.29) is 16.2 Å². The van der Waals surface area contributed by atoms with E-state index >= 15 is 0 Å². The Balaban J connectivity index is 2.60. The van der Waals surface area contributed by atoms with E-state index in [4.69, 9.17) is 4.74 Å². The van der Waals surface area contributed by atoms with Crippen LogP contribution in [0.1, 0.15) is 52.2 Å². The van der Waals surface area contributed by atoms with Gasteiger partial charge in [-0.3, -0.25) is 0 Å². The number of hydrogen-bond acceptors (Lipinski definition) is 2. The van der Waals surface area contributed by atoms with Crippen LogP contribution < -0.4 is 4.74 Å². The maximum atomic E-state index is 9.65. The number of ether oxygens (including phenoxy) is 1. The van der Waals surface area contributed by atoms with Gasteiger partial charge >= 0.3 is 0 Å². The van der Waals surface area contributed by atoms with Crippen molar-refractivity contribution in [1.82, 2.24) is 0 Å². The second-order valence-electron chi connectivity index (χ2n) is 7.24. The minimum Gasteiger partial charge on any atom is -0.496 e. The SMILES string of the molecule is COc1ccc(C(C)(C)C)cc1C1(C#N)CC1(C)C. The second kappa shape index (κ2) is 4.00. The summed E-state index contributed by atoms with van der Waals surface area (Å²) in [6.45, 7) is 10.9. The minimum atomic E-state index is -0.389. The maximum absolute atomic E-state index is 9.65. The zero-order valence-corrected chi connectivity index (χ0v) is 12.8. The van der Waals surface area contributed by atoms with Gasteiger partial charge in [0.15, 0.2) is 0 Å². The first kappa shape index (κ1) is 13.9. The van der Waals surface area contributed by atoms with Gasteiger partial charge in [-0.25, -0.2) is 0 Å². The van der Waals surface area contributed by atoms with Crippen molar-refractivity contribution in [3.8, 4) is 11.8 Å². The van der Waals surface area contributed by atoms with Crippen molar-refractivity contribution < 1.29 is 4.74 Å². The number of rotatable bonds is 2. The molecule has 0 spiro atoms. The third-order valence-electron chi connectivity index (χ3n) is 4.45. The van der Waals surface area contributed by atoms with Gasteiger partial charge in [-0.15, -0.1) is 0 Å². The molecule has 0 amide bonds. The van der Waals surface area contributed by atoms with Crippen LogP contribution in [0.25, 0.3) is 0 Å². The standard InChI is InChI=1S/C17H23NO/c1-15(2,3)12-7-8-14(19-6)13(9-12)17(11-18)10-16(17,4)5/h7-9H,10H2,1-6H3. The molecular formula is C17H23NO. The fraction of sp³-hybridized carbons (Fsp3) is 0.588. The Labute approximate surface area is 116 Å². The van der Waals surface area contributed by atoms with Crippen LogP contribution in [0.3, 0.4) is 0 Å². The summed E-state index contributed by atoms with van der Waals surface area (Å²) in [4.78, 5) is 0. The van der Waals surface area contributed by atoms with Gasteiger partial charge in [0.1, 0.15) is 5.75 Å². The Morgan fingerprint density at radius 2 is 1.84 bits per heavy atom. The molecule has 2 nitrogen and oxygen atoms in total. The van der Waals surface area contributed by atoms with Crippen LogP contribution in [-0.2, 0) is 10.8 Å². The van der Waals surface area contributed by atoms with Gasteiger partial charge in [-0.1, -0.05) is 40.7 Å². The predicted octanol–water partition coefficient (Wildman–Crippen LogP) is 4.18. The first-order valence-electron chi connectivity index (χ1n) is 6.78. The van der Waals surface area contributed by atoms with Crippen LogP contribution in [0.15, 0.2) is 18.2 Å². The monoisotopic (exact) mass is 257 g/mol. The number of methoxy groups -OCH3 is 1. The smallest absolute Gasteiger partial charge is 0.123 e. The highest BCUT2D eigenvalue weighted by Crippen LogP contribution is 2.65. The molecule has 0 bridgehead atoms. The van der Waals surface area contributed by atoms with Crippen molar-refractivity contribution in [2.24, 2.45) is 5.41 Å². The molecule has 1 saturated carbocycles. The Kier molecular flexibility index (Phi) is 2.93. The summed E-state index contributed by atoms with van der Waals surface area (Å²) in [5.41, 5.74) is 2.03. The third kappa shape index (κ3) is 2.02. The number of nitriles is 1. The summed E-state index contributed by atoms with van der Waals surface area (Å²) < 4.78 is 5.48. The summed E-state index contributed by atoms with van der Waals surface area (Å²) in [5.74, 6) is 0.833. The molecule has 0 aromatic heterocycles. The fourth-order valence-corrected chi connectivity index (χ4v) is 2.84. The van der Waals surface area contributed by atoms with E-state index in [2.05, 4.69) is 52.8 Å². The lowest BCUT2D eigenvalue weighted by Crippen LogP contribution is -2.17. The highest BCUT2D eigenvalue weighted by atomic mass is 16.5. The van der Waals surface area contributed by atoms with E-state index < -0.39 is 0 Å². The lowest BCUT2D eigenvalue weighted by atomic mass is 9.81. The maximum Gasteiger partial charge on any atom is 0.123 e. The normalized spacial score (nSPS) is 24.7. The first-order valence-corrected chi connectivity index (χ1v) is 6.78. The molecule has 1 unspecified atom stereocenters. The van der Waals surface area contributed by atoms with Crippen molar-refractivity contribution in [2.75, 3.05) is 7.11 Å². The average Bonchev–Trinajstić information content (AvgIpc) is 2.91. The van der Waals surface area contributed by atoms with Gasteiger partial charge in [0, 0.05) is 5.56 Å². The zero-order valence-electron chi connectivity index (χ0n) is 12.8. The fourth-order valence-electron chi connectivity index (χ4n) is 2.84. The molecule has 0 radical (unpaired) electrons. The number of nitrogens with zero attached hydrogens (tertiary/aromatic N) is 1. The number of hydrogen-bond donors (Lipinski definition) is 0. The third-order valence-corrected chi connectivity index (χ3v) is 4.45. The van der Waals surface area contributed by atoms with Crippen molar-refractivity contribution in [3.05, 3.63) is 29.3 Å². The molecule has 0 aliphatic heterocycles. The highest BCUT2D eigenvalue weighted by molar-refractivity contribution is 5.54. The van der Waals surface area contributed by atoms with E-state index in [1.165, 1.54) is 5.56 Å². The first-order chi connectivity index (χ1) is 8.68. The Morgan fingerprint density at radius 1 is 1.26 bits per heavy atom. The van der Waals surface area contributed by atoms with Crippen LogP contribution >= 0.6 is 0 Å². The van der Waals surface area contributed by atoms with Crippen LogP contribution in [0.4, 0.5) is 0 Å². The molecule has 102 valence electrons. The van der Waals surface area contributed by atoms with Gasteiger partial charge in [-0.2, -0.15) is 5.26 Å². The van der Waals surface area contributed by atoms with E-state index in [9.17, 15) is 5.26 Å². The predicted molar refractivity (Wildman–Crippen MR) is 77.4 cm³/mol. The lowest BCUT2D eigenvalue weighted by molar-refractivity contribution is 0.402. The Morgan fingerprint density at radius 3 is 2.21 bits per heavy atom.